The highest BCUT2D eigenvalue weighted by Gasteiger charge is 2.20. The Morgan fingerprint density at radius 3 is 2.60 bits per heavy atom. The normalized spacial score (nSPS) is 24.4. The second kappa shape index (κ2) is 7.07. The molecule has 0 aromatic heterocycles. The van der Waals surface area contributed by atoms with Gasteiger partial charge in [0.15, 0.2) is 11.6 Å². The third-order valence-electron chi connectivity index (χ3n) is 4.28. The van der Waals surface area contributed by atoms with E-state index in [0.717, 1.165) is 30.7 Å². The van der Waals surface area contributed by atoms with E-state index >= 15 is 0 Å². The Bertz CT molecular complexity index is 427. The topological polar surface area (TPSA) is 35.2 Å². The molecule has 1 aromatic carbocycles. The van der Waals surface area contributed by atoms with Gasteiger partial charge in [-0.1, -0.05) is 19.9 Å². The van der Waals surface area contributed by atoms with E-state index in [1.165, 1.54) is 12.8 Å². The minimum atomic E-state index is -0.260. The van der Waals surface area contributed by atoms with Crippen LogP contribution in [0.1, 0.15) is 51.5 Å². The zero-order chi connectivity index (χ0) is 14.5. The van der Waals surface area contributed by atoms with E-state index in [4.69, 9.17) is 10.5 Å². The summed E-state index contributed by atoms with van der Waals surface area (Å²) in [5, 5.41) is 0. The summed E-state index contributed by atoms with van der Waals surface area (Å²) in [5.41, 5.74) is 6.85. The summed E-state index contributed by atoms with van der Waals surface area (Å²) in [7, 11) is 0. The summed E-state index contributed by atoms with van der Waals surface area (Å²) in [6, 6.07) is 5.35. The van der Waals surface area contributed by atoms with Gasteiger partial charge >= 0.3 is 0 Å². The van der Waals surface area contributed by atoms with Crippen LogP contribution in [-0.4, -0.2) is 12.1 Å². The predicted octanol–water partition coefficient (Wildman–Crippen LogP) is 4.06. The molecule has 2 rings (SSSR count). The summed E-state index contributed by atoms with van der Waals surface area (Å²) in [6.07, 6.45) is 6.20. The number of hydrogen-bond acceptors (Lipinski definition) is 2. The average molecular weight is 279 g/mol. The smallest absolute Gasteiger partial charge is 0.165 e. The van der Waals surface area contributed by atoms with Crippen molar-refractivity contribution in [2.24, 2.45) is 11.7 Å². The lowest BCUT2D eigenvalue weighted by molar-refractivity contribution is 0.130. The van der Waals surface area contributed by atoms with E-state index in [1.54, 1.807) is 12.1 Å². The van der Waals surface area contributed by atoms with Crippen LogP contribution in [-0.2, 0) is 6.42 Å². The van der Waals surface area contributed by atoms with E-state index in [1.807, 2.05) is 13.0 Å². The first-order valence-electron chi connectivity index (χ1n) is 7.79. The van der Waals surface area contributed by atoms with Gasteiger partial charge in [-0.25, -0.2) is 4.39 Å². The van der Waals surface area contributed by atoms with E-state index in [2.05, 4.69) is 6.92 Å². The molecule has 0 radical (unpaired) electrons. The molecule has 20 heavy (non-hydrogen) atoms. The summed E-state index contributed by atoms with van der Waals surface area (Å²) in [4.78, 5) is 0. The van der Waals surface area contributed by atoms with Gasteiger partial charge in [-0.2, -0.15) is 0 Å². The van der Waals surface area contributed by atoms with Crippen molar-refractivity contribution >= 4 is 0 Å². The van der Waals surface area contributed by atoms with Crippen molar-refractivity contribution in [1.82, 2.24) is 0 Å². The van der Waals surface area contributed by atoms with Crippen LogP contribution in [0.5, 0.6) is 5.75 Å². The maximum absolute atomic E-state index is 14.1. The van der Waals surface area contributed by atoms with E-state index in [-0.39, 0.29) is 18.0 Å². The molecule has 3 heteroatoms. The molecule has 1 aromatic rings. The fourth-order valence-electron chi connectivity index (χ4n) is 2.74. The van der Waals surface area contributed by atoms with Crippen LogP contribution in [0.2, 0.25) is 0 Å². The quantitative estimate of drug-likeness (QED) is 0.882. The zero-order valence-corrected chi connectivity index (χ0v) is 12.6. The van der Waals surface area contributed by atoms with Crippen LogP contribution in [0.25, 0.3) is 0 Å². The third-order valence-corrected chi connectivity index (χ3v) is 4.28. The van der Waals surface area contributed by atoms with E-state index in [9.17, 15) is 4.39 Å². The van der Waals surface area contributed by atoms with Gasteiger partial charge < -0.3 is 10.5 Å². The lowest BCUT2D eigenvalue weighted by atomic mass is 9.89. The van der Waals surface area contributed by atoms with Gasteiger partial charge in [0.25, 0.3) is 0 Å². The molecule has 0 bridgehead atoms. The Morgan fingerprint density at radius 2 is 2.00 bits per heavy atom. The molecule has 1 unspecified atom stereocenters. The number of hydrogen-bond donors (Lipinski definition) is 1. The molecule has 0 aliphatic heterocycles. The van der Waals surface area contributed by atoms with Crippen molar-refractivity contribution in [3.8, 4) is 5.75 Å². The molecular weight excluding hydrogens is 253 g/mol. The minimum Gasteiger partial charge on any atom is -0.487 e. The van der Waals surface area contributed by atoms with Crippen LogP contribution in [0, 0.1) is 11.7 Å². The largest absolute Gasteiger partial charge is 0.487 e. The van der Waals surface area contributed by atoms with Crippen molar-refractivity contribution in [1.29, 1.82) is 0 Å². The van der Waals surface area contributed by atoms with Crippen LogP contribution in [0.4, 0.5) is 4.39 Å². The van der Waals surface area contributed by atoms with Crippen molar-refractivity contribution in [3.05, 3.63) is 29.6 Å². The van der Waals surface area contributed by atoms with Gasteiger partial charge in [-0.05, 0) is 62.1 Å². The zero-order valence-electron chi connectivity index (χ0n) is 12.6. The Morgan fingerprint density at radius 1 is 1.30 bits per heavy atom. The highest BCUT2D eigenvalue weighted by Crippen LogP contribution is 2.28. The fraction of sp³-hybridized carbons (Fsp3) is 0.647. The summed E-state index contributed by atoms with van der Waals surface area (Å²) < 4.78 is 19.9. The van der Waals surface area contributed by atoms with E-state index < -0.39 is 0 Å². The Labute approximate surface area is 121 Å². The van der Waals surface area contributed by atoms with Crippen molar-refractivity contribution in [2.75, 3.05) is 0 Å². The first kappa shape index (κ1) is 15.3. The number of nitrogens with two attached hydrogens (primary N) is 1. The molecule has 0 spiro atoms. The Kier molecular flexibility index (Phi) is 5.41. The van der Waals surface area contributed by atoms with Gasteiger partial charge in [0.1, 0.15) is 0 Å². The molecule has 1 aliphatic carbocycles. The SMILES string of the molecule is CCC(N)Cc1ccc(OC2CCC(C)CC2)c(F)c1. The average Bonchev–Trinajstić information content (AvgIpc) is 2.44. The van der Waals surface area contributed by atoms with Crippen molar-refractivity contribution in [2.45, 2.75) is 64.5 Å². The highest BCUT2D eigenvalue weighted by molar-refractivity contribution is 5.30. The molecule has 1 atom stereocenters. The monoisotopic (exact) mass is 279 g/mol. The summed E-state index contributed by atoms with van der Waals surface area (Å²) in [6.45, 7) is 4.31. The molecule has 2 N–H and O–H groups in total. The number of ether oxygens (including phenoxy) is 1. The van der Waals surface area contributed by atoms with Gasteiger partial charge in [-0.3, -0.25) is 0 Å². The molecule has 0 saturated heterocycles. The third kappa shape index (κ3) is 4.20. The van der Waals surface area contributed by atoms with Gasteiger partial charge in [0, 0.05) is 6.04 Å². The number of benzene rings is 1. The van der Waals surface area contributed by atoms with Crippen LogP contribution >= 0.6 is 0 Å². The molecule has 2 nitrogen and oxygen atoms in total. The van der Waals surface area contributed by atoms with Crippen molar-refractivity contribution < 1.29 is 9.13 Å². The number of halogens is 1. The van der Waals surface area contributed by atoms with Gasteiger partial charge in [-0.15, -0.1) is 0 Å². The lowest BCUT2D eigenvalue weighted by Gasteiger charge is -2.27. The fourth-order valence-corrected chi connectivity index (χ4v) is 2.74. The van der Waals surface area contributed by atoms with Crippen LogP contribution in [0.15, 0.2) is 18.2 Å². The highest BCUT2D eigenvalue weighted by atomic mass is 19.1. The molecule has 0 heterocycles. The van der Waals surface area contributed by atoms with Crippen LogP contribution in [0.3, 0.4) is 0 Å². The standard InChI is InChI=1S/C17H26FNO/c1-3-14(19)10-13-6-9-17(16(18)11-13)20-15-7-4-12(2)5-8-15/h6,9,11-12,14-15H,3-5,7-8,10,19H2,1-2H3. The maximum atomic E-state index is 14.1. The first-order valence-corrected chi connectivity index (χ1v) is 7.79. The summed E-state index contributed by atoms with van der Waals surface area (Å²) >= 11 is 0. The minimum absolute atomic E-state index is 0.0981. The Hall–Kier alpha value is -1.09. The molecule has 112 valence electrons. The molecule has 1 fully saturated rings. The van der Waals surface area contributed by atoms with Gasteiger partial charge in [0.2, 0.25) is 0 Å². The lowest BCUT2D eigenvalue weighted by Crippen LogP contribution is -2.23. The molecule has 0 amide bonds. The molecule has 1 saturated carbocycles. The maximum Gasteiger partial charge on any atom is 0.165 e. The predicted molar refractivity (Wildman–Crippen MR) is 80.4 cm³/mol. The van der Waals surface area contributed by atoms with E-state index in [0.29, 0.717) is 12.2 Å². The molecular formula is C17H26FNO. The Balaban J connectivity index is 1.95. The van der Waals surface area contributed by atoms with Crippen LogP contribution < -0.4 is 10.5 Å². The second-order valence-corrected chi connectivity index (χ2v) is 6.14. The van der Waals surface area contributed by atoms with Gasteiger partial charge in [0.05, 0.1) is 6.10 Å². The second-order valence-electron chi connectivity index (χ2n) is 6.14. The summed E-state index contributed by atoms with van der Waals surface area (Å²) in [5.74, 6) is 0.903. The number of rotatable bonds is 5. The first-order chi connectivity index (χ1) is 9.58. The molecule has 1 aliphatic rings. The van der Waals surface area contributed by atoms with Crippen molar-refractivity contribution in [3.63, 3.8) is 0 Å².